The highest BCUT2D eigenvalue weighted by molar-refractivity contribution is 6.31. The second-order valence-electron chi connectivity index (χ2n) is 5.34. The minimum atomic E-state index is -4.58. The number of alkyl halides is 3. The minimum Gasteiger partial charge on any atom is -0.361 e. The lowest BCUT2D eigenvalue weighted by Crippen LogP contribution is -2.30. The van der Waals surface area contributed by atoms with E-state index in [2.05, 4.69) is 10.5 Å². The number of hydrogen-bond acceptors (Lipinski definition) is 4. The van der Waals surface area contributed by atoms with Crippen molar-refractivity contribution in [1.82, 2.24) is 10.1 Å². The van der Waals surface area contributed by atoms with Crippen LogP contribution < -0.4 is 5.32 Å². The van der Waals surface area contributed by atoms with E-state index in [9.17, 15) is 18.0 Å². The molecule has 24 heavy (non-hydrogen) atoms. The third-order valence-electron chi connectivity index (χ3n) is 3.08. The van der Waals surface area contributed by atoms with Crippen LogP contribution in [-0.4, -0.2) is 29.6 Å². The predicted molar refractivity (Wildman–Crippen MR) is 82.7 cm³/mol. The van der Waals surface area contributed by atoms with E-state index >= 15 is 0 Å². The van der Waals surface area contributed by atoms with Gasteiger partial charge in [0.25, 0.3) is 0 Å². The molecule has 0 aliphatic heterocycles. The summed E-state index contributed by atoms with van der Waals surface area (Å²) in [6, 6.07) is 4.96. The lowest BCUT2D eigenvalue weighted by Gasteiger charge is -2.15. The van der Waals surface area contributed by atoms with Crippen LogP contribution in [0, 0.1) is 6.92 Å². The van der Waals surface area contributed by atoms with Crippen molar-refractivity contribution < 1.29 is 22.5 Å². The molecule has 1 amide bonds. The Morgan fingerprint density at radius 1 is 1.38 bits per heavy atom. The normalized spacial score (nSPS) is 11.8. The summed E-state index contributed by atoms with van der Waals surface area (Å²) in [5, 5.41) is 5.81. The van der Waals surface area contributed by atoms with Crippen molar-refractivity contribution in [3.63, 3.8) is 0 Å². The number of likely N-dealkylation sites (N-methyl/N-ethyl adjacent to an activating group) is 1. The SMILES string of the molecule is Cc1cc(CN(C)CC(=O)Nc2ccc(Cl)c(C(F)(F)F)c2)no1. The monoisotopic (exact) mass is 361 g/mol. The van der Waals surface area contributed by atoms with Gasteiger partial charge >= 0.3 is 6.18 Å². The first kappa shape index (κ1) is 18.3. The molecular weight excluding hydrogens is 347 g/mol. The Bertz CT molecular complexity index is 731. The average Bonchev–Trinajstić information content (AvgIpc) is 2.84. The lowest BCUT2D eigenvalue weighted by molar-refractivity contribution is -0.137. The Morgan fingerprint density at radius 2 is 2.08 bits per heavy atom. The molecule has 0 saturated heterocycles. The third kappa shape index (κ3) is 4.97. The van der Waals surface area contributed by atoms with E-state index in [1.807, 2.05) is 0 Å². The molecule has 0 saturated carbocycles. The topological polar surface area (TPSA) is 58.4 Å². The second kappa shape index (κ2) is 7.23. The van der Waals surface area contributed by atoms with Gasteiger partial charge in [-0.3, -0.25) is 9.69 Å². The van der Waals surface area contributed by atoms with Crippen LogP contribution in [0.4, 0.5) is 18.9 Å². The van der Waals surface area contributed by atoms with Gasteiger partial charge in [0, 0.05) is 18.3 Å². The fraction of sp³-hybridized carbons (Fsp3) is 0.333. The number of nitrogens with one attached hydrogen (secondary N) is 1. The summed E-state index contributed by atoms with van der Waals surface area (Å²) in [5.74, 6) is 0.205. The van der Waals surface area contributed by atoms with Gasteiger partial charge in [-0.05, 0) is 32.2 Å². The van der Waals surface area contributed by atoms with E-state index in [1.165, 1.54) is 6.07 Å². The summed E-state index contributed by atoms with van der Waals surface area (Å²) in [4.78, 5) is 13.6. The van der Waals surface area contributed by atoms with Gasteiger partial charge in [0.2, 0.25) is 5.91 Å². The summed E-state index contributed by atoms with van der Waals surface area (Å²) in [6.07, 6.45) is -4.58. The smallest absolute Gasteiger partial charge is 0.361 e. The molecule has 0 fully saturated rings. The Kier molecular flexibility index (Phi) is 5.51. The molecule has 0 bridgehead atoms. The van der Waals surface area contributed by atoms with Gasteiger partial charge in [0.1, 0.15) is 5.76 Å². The van der Waals surface area contributed by atoms with Gasteiger partial charge in [0.15, 0.2) is 0 Å². The number of aryl methyl sites for hydroxylation is 1. The summed E-state index contributed by atoms with van der Waals surface area (Å²) in [7, 11) is 1.69. The molecule has 1 aromatic heterocycles. The molecule has 0 radical (unpaired) electrons. The molecule has 2 rings (SSSR count). The van der Waals surface area contributed by atoms with Crippen molar-refractivity contribution in [3.05, 3.63) is 46.3 Å². The Hall–Kier alpha value is -2.06. The standard InChI is InChI=1S/C15H15ClF3N3O2/c1-9-5-11(21-24-9)7-22(2)8-14(23)20-10-3-4-13(16)12(6-10)15(17,18)19/h3-6H,7-8H2,1-2H3,(H,20,23). The third-order valence-corrected chi connectivity index (χ3v) is 3.41. The van der Waals surface area contributed by atoms with Crippen molar-refractivity contribution in [2.75, 3.05) is 18.9 Å². The van der Waals surface area contributed by atoms with Crippen molar-refractivity contribution >= 4 is 23.2 Å². The van der Waals surface area contributed by atoms with Crippen LogP contribution in [0.3, 0.4) is 0 Å². The van der Waals surface area contributed by atoms with E-state index < -0.39 is 22.7 Å². The Morgan fingerprint density at radius 3 is 2.67 bits per heavy atom. The molecule has 0 unspecified atom stereocenters. The Labute approximate surface area is 141 Å². The van der Waals surface area contributed by atoms with E-state index in [0.717, 1.165) is 12.1 Å². The number of carbonyl (C=O) groups excluding carboxylic acids is 1. The molecule has 0 spiro atoms. The fourth-order valence-electron chi connectivity index (χ4n) is 2.09. The first-order valence-corrected chi connectivity index (χ1v) is 7.30. The number of benzene rings is 1. The number of anilines is 1. The first-order valence-electron chi connectivity index (χ1n) is 6.92. The van der Waals surface area contributed by atoms with Crippen molar-refractivity contribution in [2.45, 2.75) is 19.6 Å². The molecule has 0 aliphatic rings. The maximum Gasteiger partial charge on any atom is 0.417 e. The van der Waals surface area contributed by atoms with Gasteiger partial charge in [-0.1, -0.05) is 16.8 Å². The average molecular weight is 362 g/mol. The van der Waals surface area contributed by atoms with Crippen LogP contribution >= 0.6 is 11.6 Å². The van der Waals surface area contributed by atoms with Crippen LogP contribution in [-0.2, 0) is 17.5 Å². The first-order chi connectivity index (χ1) is 11.1. The Balaban J connectivity index is 1.97. The summed E-state index contributed by atoms with van der Waals surface area (Å²) >= 11 is 5.54. The van der Waals surface area contributed by atoms with Gasteiger partial charge in [-0.25, -0.2) is 0 Å². The number of rotatable bonds is 5. The van der Waals surface area contributed by atoms with Crippen LogP contribution in [0.5, 0.6) is 0 Å². The molecule has 0 aliphatic carbocycles. The van der Waals surface area contributed by atoms with Crippen molar-refractivity contribution in [1.29, 1.82) is 0 Å². The highest BCUT2D eigenvalue weighted by atomic mass is 35.5. The fourth-order valence-corrected chi connectivity index (χ4v) is 2.32. The van der Waals surface area contributed by atoms with E-state index in [4.69, 9.17) is 16.1 Å². The van der Waals surface area contributed by atoms with Crippen LogP contribution in [0.1, 0.15) is 17.0 Å². The zero-order valence-electron chi connectivity index (χ0n) is 12.9. The molecule has 1 heterocycles. The molecular formula is C15H15ClF3N3O2. The second-order valence-corrected chi connectivity index (χ2v) is 5.75. The minimum absolute atomic E-state index is 0.0180. The molecule has 0 atom stereocenters. The van der Waals surface area contributed by atoms with E-state index in [0.29, 0.717) is 18.0 Å². The number of aromatic nitrogens is 1. The van der Waals surface area contributed by atoms with Gasteiger partial charge < -0.3 is 9.84 Å². The van der Waals surface area contributed by atoms with Gasteiger partial charge in [-0.15, -0.1) is 0 Å². The molecule has 2 aromatic rings. The molecule has 130 valence electrons. The van der Waals surface area contributed by atoms with Gasteiger partial charge in [0.05, 0.1) is 22.8 Å². The molecule has 1 aromatic carbocycles. The number of halogens is 4. The maximum absolute atomic E-state index is 12.8. The number of nitrogens with zero attached hydrogens (tertiary/aromatic N) is 2. The van der Waals surface area contributed by atoms with Crippen LogP contribution in [0.2, 0.25) is 5.02 Å². The number of amides is 1. The highest BCUT2D eigenvalue weighted by Crippen LogP contribution is 2.36. The van der Waals surface area contributed by atoms with Crippen molar-refractivity contribution in [2.24, 2.45) is 0 Å². The van der Waals surface area contributed by atoms with Crippen LogP contribution in [0.25, 0.3) is 0 Å². The largest absolute Gasteiger partial charge is 0.417 e. The number of hydrogen-bond donors (Lipinski definition) is 1. The van der Waals surface area contributed by atoms with Gasteiger partial charge in [-0.2, -0.15) is 13.2 Å². The predicted octanol–water partition coefficient (Wildman–Crippen LogP) is 3.73. The molecule has 9 heteroatoms. The van der Waals surface area contributed by atoms with Crippen molar-refractivity contribution in [3.8, 4) is 0 Å². The quantitative estimate of drug-likeness (QED) is 0.881. The van der Waals surface area contributed by atoms with E-state index in [-0.39, 0.29) is 12.2 Å². The zero-order chi connectivity index (χ0) is 17.9. The highest BCUT2D eigenvalue weighted by Gasteiger charge is 2.33. The zero-order valence-corrected chi connectivity index (χ0v) is 13.7. The molecule has 5 nitrogen and oxygen atoms in total. The summed E-state index contributed by atoms with van der Waals surface area (Å²) in [6.45, 7) is 2.11. The molecule has 1 N–H and O–H groups in total. The van der Waals surface area contributed by atoms with E-state index in [1.54, 1.807) is 24.9 Å². The summed E-state index contributed by atoms with van der Waals surface area (Å²) in [5.41, 5.74) is -0.301. The number of carbonyl (C=O) groups is 1. The summed E-state index contributed by atoms with van der Waals surface area (Å²) < 4.78 is 43.3. The maximum atomic E-state index is 12.8. The van der Waals surface area contributed by atoms with Crippen LogP contribution in [0.15, 0.2) is 28.8 Å². The lowest BCUT2D eigenvalue weighted by atomic mass is 10.2.